The van der Waals surface area contributed by atoms with E-state index in [9.17, 15) is 4.79 Å². The van der Waals surface area contributed by atoms with Gasteiger partial charge in [-0.15, -0.1) is 0 Å². The van der Waals surface area contributed by atoms with Crippen molar-refractivity contribution in [1.82, 2.24) is 5.32 Å². The molecule has 1 aromatic rings. The van der Waals surface area contributed by atoms with E-state index < -0.39 is 0 Å². The normalized spacial score (nSPS) is 20.0. The number of hydrogen-bond acceptors (Lipinski definition) is 3. The van der Waals surface area contributed by atoms with Crippen LogP contribution >= 0.6 is 0 Å². The zero-order chi connectivity index (χ0) is 11.0. The molecule has 16 heavy (non-hydrogen) atoms. The van der Waals surface area contributed by atoms with Crippen LogP contribution in [0.3, 0.4) is 0 Å². The maximum Gasteiger partial charge on any atom is 0.165 e. The molecule has 0 saturated carbocycles. The third-order valence-electron chi connectivity index (χ3n) is 3.49. The summed E-state index contributed by atoms with van der Waals surface area (Å²) in [6.07, 6.45) is 1.62. The van der Waals surface area contributed by atoms with E-state index in [1.165, 1.54) is 5.56 Å². The number of fused-ring (bicyclic) bond motifs is 1. The minimum atomic E-state index is 0.323. The van der Waals surface area contributed by atoms with Gasteiger partial charge in [0.15, 0.2) is 5.78 Å². The van der Waals surface area contributed by atoms with E-state index >= 15 is 0 Å². The Balaban J connectivity index is 2.00. The van der Waals surface area contributed by atoms with E-state index in [4.69, 9.17) is 0 Å². The van der Waals surface area contributed by atoms with Crippen molar-refractivity contribution in [1.29, 1.82) is 0 Å². The number of aryl methyl sites for hydroxylation is 1. The predicted molar refractivity (Wildman–Crippen MR) is 64.2 cm³/mol. The molecule has 0 amide bonds. The van der Waals surface area contributed by atoms with Crippen LogP contribution in [-0.4, -0.2) is 32.0 Å². The van der Waals surface area contributed by atoms with Gasteiger partial charge in [-0.1, -0.05) is 12.1 Å². The van der Waals surface area contributed by atoms with Gasteiger partial charge in [-0.25, -0.2) is 0 Å². The molecular formula is C13H16N2O. The van der Waals surface area contributed by atoms with Crippen molar-refractivity contribution in [3.05, 3.63) is 29.3 Å². The summed E-state index contributed by atoms with van der Waals surface area (Å²) in [6.45, 7) is 4.03. The Labute approximate surface area is 95.4 Å². The molecule has 0 unspecified atom stereocenters. The van der Waals surface area contributed by atoms with Crippen LogP contribution in [0.1, 0.15) is 22.3 Å². The first-order valence-electron chi connectivity index (χ1n) is 5.97. The fourth-order valence-electron chi connectivity index (χ4n) is 2.66. The maximum absolute atomic E-state index is 11.9. The molecule has 1 heterocycles. The van der Waals surface area contributed by atoms with Gasteiger partial charge in [0.2, 0.25) is 0 Å². The smallest absolute Gasteiger partial charge is 0.165 e. The van der Waals surface area contributed by atoms with Gasteiger partial charge in [0.25, 0.3) is 0 Å². The SMILES string of the molecule is O=C1CCc2cccc(N3CCNCC3)c21. The number of nitrogens with one attached hydrogen (secondary N) is 1. The van der Waals surface area contributed by atoms with E-state index in [2.05, 4.69) is 28.4 Å². The van der Waals surface area contributed by atoms with Crippen molar-refractivity contribution < 1.29 is 4.79 Å². The van der Waals surface area contributed by atoms with Gasteiger partial charge in [0.05, 0.1) is 0 Å². The Morgan fingerprint density at radius 2 is 1.94 bits per heavy atom. The lowest BCUT2D eigenvalue weighted by atomic mass is 10.1. The van der Waals surface area contributed by atoms with E-state index in [1.54, 1.807) is 0 Å². The van der Waals surface area contributed by atoms with Crippen LogP contribution in [0.25, 0.3) is 0 Å². The second-order valence-corrected chi connectivity index (χ2v) is 4.47. The highest BCUT2D eigenvalue weighted by Gasteiger charge is 2.25. The number of Topliss-reactive ketones (excluding diaryl/α,β-unsaturated/α-hetero) is 1. The molecule has 1 aliphatic heterocycles. The van der Waals surface area contributed by atoms with Crippen molar-refractivity contribution in [2.24, 2.45) is 0 Å². The van der Waals surface area contributed by atoms with E-state index in [-0.39, 0.29) is 0 Å². The lowest BCUT2D eigenvalue weighted by Crippen LogP contribution is -2.44. The largest absolute Gasteiger partial charge is 0.368 e. The van der Waals surface area contributed by atoms with Crippen molar-refractivity contribution in [2.45, 2.75) is 12.8 Å². The molecule has 0 spiro atoms. The number of piperazine rings is 1. The molecule has 84 valence electrons. The molecule has 1 aliphatic carbocycles. The number of benzene rings is 1. The van der Waals surface area contributed by atoms with Gasteiger partial charge in [-0.05, 0) is 18.1 Å². The van der Waals surface area contributed by atoms with E-state index in [0.717, 1.165) is 43.9 Å². The monoisotopic (exact) mass is 216 g/mol. The van der Waals surface area contributed by atoms with E-state index in [1.807, 2.05) is 0 Å². The molecule has 3 heteroatoms. The first-order valence-corrected chi connectivity index (χ1v) is 5.97. The van der Waals surface area contributed by atoms with Gasteiger partial charge in [-0.2, -0.15) is 0 Å². The number of rotatable bonds is 1. The molecule has 2 aliphatic rings. The molecule has 3 rings (SSSR count). The quantitative estimate of drug-likeness (QED) is 0.766. The number of ketones is 1. The second-order valence-electron chi connectivity index (χ2n) is 4.47. The lowest BCUT2D eigenvalue weighted by Gasteiger charge is -2.30. The van der Waals surface area contributed by atoms with Crippen LogP contribution < -0.4 is 10.2 Å². The highest BCUT2D eigenvalue weighted by molar-refractivity contribution is 6.05. The van der Waals surface area contributed by atoms with Crippen molar-refractivity contribution >= 4 is 11.5 Å². The van der Waals surface area contributed by atoms with Crippen molar-refractivity contribution in [3.8, 4) is 0 Å². The summed E-state index contributed by atoms with van der Waals surface area (Å²) in [5, 5.41) is 3.34. The van der Waals surface area contributed by atoms with E-state index in [0.29, 0.717) is 12.2 Å². The van der Waals surface area contributed by atoms with Crippen LogP contribution in [0, 0.1) is 0 Å². The molecule has 1 saturated heterocycles. The van der Waals surface area contributed by atoms with Gasteiger partial charge in [-0.3, -0.25) is 4.79 Å². The van der Waals surface area contributed by atoms with Gasteiger partial charge < -0.3 is 10.2 Å². The second kappa shape index (κ2) is 3.91. The molecule has 3 nitrogen and oxygen atoms in total. The maximum atomic E-state index is 11.9. The zero-order valence-corrected chi connectivity index (χ0v) is 9.33. The summed E-state index contributed by atoms with van der Waals surface area (Å²) in [7, 11) is 0. The average molecular weight is 216 g/mol. The molecule has 0 atom stereocenters. The minimum Gasteiger partial charge on any atom is -0.368 e. The highest BCUT2D eigenvalue weighted by atomic mass is 16.1. The zero-order valence-electron chi connectivity index (χ0n) is 9.33. The summed E-state index contributed by atoms with van der Waals surface area (Å²) in [6, 6.07) is 6.26. The minimum absolute atomic E-state index is 0.323. The standard InChI is InChI=1S/C13H16N2O/c16-12-5-4-10-2-1-3-11(13(10)12)15-8-6-14-7-9-15/h1-3,14H,4-9H2. The Kier molecular flexibility index (Phi) is 2.40. The third kappa shape index (κ3) is 1.52. The topological polar surface area (TPSA) is 32.3 Å². The number of nitrogens with zero attached hydrogens (tertiary/aromatic N) is 1. The fourth-order valence-corrected chi connectivity index (χ4v) is 2.66. The van der Waals surface area contributed by atoms with Crippen LogP contribution in [-0.2, 0) is 6.42 Å². The molecule has 1 aromatic carbocycles. The Morgan fingerprint density at radius 3 is 2.75 bits per heavy atom. The molecule has 0 bridgehead atoms. The van der Waals surface area contributed by atoms with Crippen molar-refractivity contribution in [3.63, 3.8) is 0 Å². The third-order valence-corrected chi connectivity index (χ3v) is 3.49. The van der Waals surface area contributed by atoms with Gasteiger partial charge >= 0.3 is 0 Å². The molecule has 1 N–H and O–H groups in total. The summed E-state index contributed by atoms with van der Waals surface area (Å²) >= 11 is 0. The molecule has 0 aromatic heterocycles. The first kappa shape index (κ1) is 9.85. The molecule has 0 radical (unpaired) electrons. The number of carbonyl (C=O) groups is 1. The van der Waals surface area contributed by atoms with Crippen LogP contribution in [0.15, 0.2) is 18.2 Å². The summed E-state index contributed by atoms with van der Waals surface area (Å²) in [5.41, 5.74) is 3.38. The number of hydrogen-bond donors (Lipinski definition) is 1. The first-order chi connectivity index (χ1) is 7.86. The van der Waals surface area contributed by atoms with Gasteiger partial charge in [0.1, 0.15) is 0 Å². The van der Waals surface area contributed by atoms with Crippen molar-refractivity contribution in [2.75, 3.05) is 31.1 Å². The fraction of sp³-hybridized carbons (Fsp3) is 0.462. The van der Waals surface area contributed by atoms with Gasteiger partial charge in [0, 0.05) is 43.9 Å². The Morgan fingerprint density at radius 1 is 1.12 bits per heavy atom. The number of carbonyl (C=O) groups excluding carboxylic acids is 1. The highest BCUT2D eigenvalue weighted by Crippen LogP contribution is 2.31. The Bertz CT molecular complexity index is 422. The molecular weight excluding hydrogens is 200 g/mol. The Hall–Kier alpha value is -1.35. The number of anilines is 1. The summed E-state index contributed by atoms with van der Waals surface area (Å²) in [5.74, 6) is 0.323. The predicted octanol–water partition coefficient (Wildman–Crippen LogP) is 1.23. The average Bonchev–Trinajstić information content (AvgIpc) is 2.73. The summed E-state index contributed by atoms with van der Waals surface area (Å²) in [4.78, 5) is 14.2. The lowest BCUT2D eigenvalue weighted by molar-refractivity contribution is 0.0995. The van der Waals surface area contributed by atoms with Crippen LogP contribution in [0.4, 0.5) is 5.69 Å². The van der Waals surface area contributed by atoms with Crippen LogP contribution in [0.5, 0.6) is 0 Å². The summed E-state index contributed by atoms with van der Waals surface area (Å²) < 4.78 is 0. The molecule has 1 fully saturated rings. The van der Waals surface area contributed by atoms with Crippen LogP contribution in [0.2, 0.25) is 0 Å².